The van der Waals surface area contributed by atoms with Crippen molar-refractivity contribution in [3.63, 3.8) is 0 Å². The highest BCUT2D eigenvalue weighted by molar-refractivity contribution is 7.16. The maximum absolute atomic E-state index is 14.6. The topological polar surface area (TPSA) is 80.2 Å². The third kappa shape index (κ3) is 4.63. The summed E-state index contributed by atoms with van der Waals surface area (Å²) in [4.78, 5) is 28.9. The standard InChI is InChI=1S/C23H26FN5O2S/c1-13-8-16(9-17(24)21(13)31-4)20-19(12-29-7-5-6-15(29)3)32-23(27-20)28-22(30)18-11-25-14(2)10-26-18/h8-11,15H,5-7,12H2,1-4H3,(H,27,28,30). The molecule has 2 aromatic heterocycles. The summed E-state index contributed by atoms with van der Waals surface area (Å²) in [6, 6.07) is 3.78. The van der Waals surface area contributed by atoms with Gasteiger partial charge in [-0.3, -0.25) is 20.0 Å². The normalized spacial score (nSPS) is 16.3. The van der Waals surface area contributed by atoms with Gasteiger partial charge in [0, 0.05) is 29.2 Å². The molecule has 0 bridgehead atoms. The van der Waals surface area contributed by atoms with Crippen LogP contribution in [0.2, 0.25) is 0 Å². The van der Waals surface area contributed by atoms with Gasteiger partial charge in [-0.1, -0.05) is 11.3 Å². The van der Waals surface area contributed by atoms with Crippen molar-refractivity contribution in [2.24, 2.45) is 0 Å². The van der Waals surface area contributed by atoms with Crippen molar-refractivity contribution in [2.75, 3.05) is 19.0 Å². The SMILES string of the molecule is COc1c(C)cc(-c2nc(NC(=O)c3cnc(C)cn3)sc2CN2CCCC2C)cc1F. The zero-order valence-electron chi connectivity index (χ0n) is 18.6. The predicted molar refractivity (Wildman–Crippen MR) is 123 cm³/mol. The smallest absolute Gasteiger partial charge is 0.277 e. The lowest BCUT2D eigenvalue weighted by molar-refractivity contribution is 0.102. The van der Waals surface area contributed by atoms with Crippen molar-refractivity contribution in [3.8, 4) is 17.0 Å². The Morgan fingerprint density at radius 2 is 2.12 bits per heavy atom. The summed E-state index contributed by atoms with van der Waals surface area (Å²) in [5, 5.41) is 3.27. The molecule has 4 rings (SSSR count). The van der Waals surface area contributed by atoms with Crippen LogP contribution in [0.15, 0.2) is 24.5 Å². The number of carbonyl (C=O) groups excluding carboxylic acids is 1. The van der Waals surface area contributed by atoms with E-state index in [1.165, 1.54) is 30.7 Å². The van der Waals surface area contributed by atoms with E-state index in [2.05, 4.69) is 32.1 Å². The number of halogens is 1. The Bertz CT molecular complexity index is 1110. The molecule has 1 atom stereocenters. The van der Waals surface area contributed by atoms with E-state index in [9.17, 15) is 9.18 Å². The van der Waals surface area contributed by atoms with Crippen LogP contribution >= 0.6 is 11.3 Å². The van der Waals surface area contributed by atoms with E-state index in [-0.39, 0.29) is 17.4 Å². The molecule has 1 fully saturated rings. The number of benzene rings is 1. The number of likely N-dealkylation sites (tertiary alicyclic amines) is 1. The fraction of sp³-hybridized carbons (Fsp3) is 0.391. The maximum atomic E-state index is 14.6. The molecule has 1 unspecified atom stereocenters. The van der Waals surface area contributed by atoms with Gasteiger partial charge in [0.15, 0.2) is 16.7 Å². The third-order valence-electron chi connectivity index (χ3n) is 5.68. The van der Waals surface area contributed by atoms with E-state index in [1.54, 1.807) is 13.1 Å². The molecule has 168 valence electrons. The fourth-order valence-electron chi connectivity index (χ4n) is 3.95. The van der Waals surface area contributed by atoms with Crippen molar-refractivity contribution >= 4 is 22.4 Å². The molecule has 1 aliphatic rings. The Balaban J connectivity index is 1.68. The molecule has 3 heterocycles. The van der Waals surface area contributed by atoms with E-state index < -0.39 is 5.82 Å². The zero-order valence-corrected chi connectivity index (χ0v) is 19.4. The minimum Gasteiger partial charge on any atom is -0.493 e. The minimum atomic E-state index is -0.434. The number of hydrogen-bond donors (Lipinski definition) is 1. The number of thiazole rings is 1. The molecule has 0 aliphatic carbocycles. The Hall–Kier alpha value is -2.91. The third-order valence-corrected chi connectivity index (χ3v) is 6.63. The number of carbonyl (C=O) groups is 1. The first kappa shape index (κ1) is 22.3. The predicted octanol–water partition coefficient (Wildman–Crippen LogP) is 4.60. The van der Waals surface area contributed by atoms with Crippen molar-refractivity contribution in [2.45, 2.75) is 46.2 Å². The highest BCUT2D eigenvalue weighted by Crippen LogP contribution is 2.36. The second-order valence-electron chi connectivity index (χ2n) is 8.06. The molecule has 1 N–H and O–H groups in total. The van der Waals surface area contributed by atoms with Crippen molar-refractivity contribution in [3.05, 3.63) is 52.2 Å². The number of aromatic nitrogens is 3. The van der Waals surface area contributed by atoms with Gasteiger partial charge in [-0.25, -0.2) is 14.4 Å². The summed E-state index contributed by atoms with van der Waals surface area (Å²) in [6.07, 6.45) is 5.29. The van der Waals surface area contributed by atoms with Crippen LogP contribution in [0.3, 0.4) is 0 Å². The van der Waals surface area contributed by atoms with E-state index in [0.717, 1.165) is 30.0 Å². The van der Waals surface area contributed by atoms with Gasteiger partial charge in [0.25, 0.3) is 5.91 Å². The number of rotatable bonds is 6. The van der Waals surface area contributed by atoms with Gasteiger partial charge in [-0.15, -0.1) is 0 Å². The van der Waals surface area contributed by atoms with Crippen LogP contribution in [-0.2, 0) is 6.54 Å². The van der Waals surface area contributed by atoms with Crippen LogP contribution in [0.5, 0.6) is 5.75 Å². The number of anilines is 1. The summed E-state index contributed by atoms with van der Waals surface area (Å²) in [5.74, 6) is -0.586. The number of nitrogens with zero attached hydrogens (tertiary/aromatic N) is 4. The number of methoxy groups -OCH3 is 1. The lowest BCUT2D eigenvalue weighted by Gasteiger charge is -2.20. The largest absolute Gasteiger partial charge is 0.493 e. The molecule has 3 aromatic rings. The number of ether oxygens (including phenoxy) is 1. The van der Waals surface area contributed by atoms with Gasteiger partial charge >= 0.3 is 0 Å². The van der Waals surface area contributed by atoms with E-state index in [0.29, 0.717) is 34.5 Å². The molecule has 0 saturated carbocycles. The molecule has 0 radical (unpaired) electrons. The number of aryl methyl sites for hydroxylation is 2. The Morgan fingerprint density at radius 3 is 2.75 bits per heavy atom. The van der Waals surface area contributed by atoms with Crippen LogP contribution in [-0.4, -0.2) is 45.5 Å². The summed E-state index contributed by atoms with van der Waals surface area (Å²) in [7, 11) is 1.45. The molecular weight excluding hydrogens is 429 g/mol. The van der Waals surface area contributed by atoms with Crippen molar-refractivity contribution in [1.29, 1.82) is 0 Å². The maximum Gasteiger partial charge on any atom is 0.277 e. The fourth-order valence-corrected chi connectivity index (χ4v) is 4.95. The lowest BCUT2D eigenvalue weighted by atomic mass is 10.1. The quantitative estimate of drug-likeness (QED) is 0.585. The molecule has 0 spiro atoms. The average Bonchev–Trinajstić information content (AvgIpc) is 3.34. The highest BCUT2D eigenvalue weighted by Gasteiger charge is 2.25. The Labute approximate surface area is 190 Å². The van der Waals surface area contributed by atoms with E-state index in [4.69, 9.17) is 4.74 Å². The second-order valence-corrected chi connectivity index (χ2v) is 9.14. The first-order valence-electron chi connectivity index (χ1n) is 10.5. The number of hydrogen-bond acceptors (Lipinski definition) is 7. The van der Waals surface area contributed by atoms with Gasteiger partial charge in [0.1, 0.15) is 5.69 Å². The lowest BCUT2D eigenvalue weighted by Crippen LogP contribution is -2.25. The van der Waals surface area contributed by atoms with E-state index >= 15 is 0 Å². The van der Waals surface area contributed by atoms with Gasteiger partial charge in [-0.2, -0.15) is 0 Å². The number of nitrogens with one attached hydrogen (secondary N) is 1. The zero-order chi connectivity index (χ0) is 22.8. The minimum absolute atomic E-state index is 0.216. The van der Waals surface area contributed by atoms with Gasteiger partial charge in [0.05, 0.1) is 24.7 Å². The Kier molecular flexibility index (Phi) is 6.48. The summed E-state index contributed by atoms with van der Waals surface area (Å²) < 4.78 is 19.8. The molecule has 1 aliphatic heterocycles. The first-order valence-corrected chi connectivity index (χ1v) is 11.4. The highest BCUT2D eigenvalue weighted by atomic mass is 32.1. The first-order chi connectivity index (χ1) is 15.4. The molecule has 9 heteroatoms. The van der Waals surface area contributed by atoms with E-state index in [1.807, 2.05) is 13.0 Å². The molecule has 32 heavy (non-hydrogen) atoms. The molecule has 1 aromatic carbocycles. The van der Waals surface area contributed by atoms with Crippen LogP contribution < -0.4 is 10.1 Å². The molecule has 1 saturated heterocycles. The van der Waals surface area contributed by atoms with Crippen LogP contribution in [0, 0.1) is 19.7 Å². The second kappa shape index (κ2) is 9.30. The molecule has 7 nitrogen and oxygen atoms in total. The number of amides is 1. The van der Waals surface area contributed by atoms with Gasteiger partial charge in [-0.05, 0) is 57.9 Å². The molecule has 1 amide bonds. The van der Waals surface area contributed by atoms with Crippen molar-refractivity contribution < 1.29 is 13.9 Å². The monoisotopic (exact) mass is 455 g/mol. The molecular formula is C23H26FN5O2S. The summed E-state index contributed by atoms with van der Waals surface area (Å²) in [6.45, 7) is 7.53. The Morgan fingerprint density at radius 1 is 1.31 bits per heavy atom. The summed E-state index contributed by atoms with van der Waals surface area (Å²) >= 11 is 1.40. The van der Waals surface area contributed by atoms with Crippen LogP contribution in [0.25, 0.3) is 11.3 Å². The van der Waals surface area contributed by atoms with Gasteiger partial charge < -0.3 is 4.74 Å². The van der Waals surface area contributed by atoms with Gasteiger partial charge in [0.2, 0.25) is 0 Å². The van der Waals surface area contributed by atoms with Crippen molar-refractivity contribution in [1.82, 2.24) is 19.9 Å². The van der Waals surface area contributed by atoms with Crippen LogP contribution in [0.1, 0.15) is 46.4 Å². The average molecular weight is 456 g/mol. The summed E-state index contributed by atoms with van der Waals surface area (Å²) in [5.41, 5.74) is 2.97. The van der Waals surface area contributed by atoms with Crippen LogP contribution in [0.4, 0.5) is 9.52 Å².